The van der Waals surface area contributed by atoms with Crippen LogP contribution in [-0.2, 0) is 17.9 Å². The number of halogens is 1. The molecule has 4 rings (SSSR count). The molecule has 6 nitrogen and oxygen atoms in total. The number of hydrogen-bond donors (Lipinski definition) is 1. The molecule has 1 aromatic heterocycles. The van der Waals surface area contributed by atoms with Crippen molar-refractivity contribution in [2.24, 2.45) is 0 Å². The number of nitrogens with one attached hydrogen (secondary N) is 1. The lowest BCUT2D eigenvalue weighted by Crippen LogP contribution is -2.09. The lowest BCUT2D eigenvalue weighted by molar-refractivity contribution is -0.111. The van der Waals surface area contributed by atoms with E-state index >= 15 is 0 Å². The second kappa shape index (κ2) is 11.6. The molecule has 0 aliphatic rings. The van der Waals surface area contributed by atoms with Crippen LogP contribution in [0.15, 0.2) is 78.9 Å². The van der Waals surface area contributed by atoms with Crippen molar-refractivity contribution >= 4 is 29.4 Å². The maximum atomic E-state index is 12.5. The first-order valence-electron chi connectivity index (χ1n) is 11.5. The smallest absolute Gasteiger partial charge is 0.249 e. The lowest BCUT2D eigenvalue weighted by atomic mass is 10.1. The third kappa shape index (κ3) is 6.77. The third-order valence-electron chi connectivity index (χ3n) is 5.57. The number of carbonyl (C=O) groups is 1. The lowest BCUT2D eigenvalue weighted by Gasteiger charge is -2.11. The Labute approximate surface area is 216 Å². The summed E-state index contributed by atoms with van der Waals surface area (Å²) in [4.78, 5) is 12.5. The van der Waals surface area contributed by atoms with Gasteiger partial charge in [0.05, 0.1) is 13.7 Å². The topological polar surface area (TPSA) is 65.4 Å². The first-order valence-corrected chi connectivity index (χ1v) is 11.9. The number of hydrogen-bond acceptors (Lipinski definition) is 4. The summed E-state index contributed by atoms with van der Waals surface area (Å²) in [6.45, 7) is 4.89. The Bertz CT molecular complexity index is 1390. The predicted octanol–water partition coefficient (Wildman–Crippen LogP) is 6.44. The molecule has 0 saturated carbocycles. The number of anilines is 1. The quantitative estimate of drug-likeness (QED) is 0.268. The molecule has 0 bridgehead atoms. The van der Waals surface area contributed by atoms with Crippen LogP contribution in [0.25, 0.3) is 6.08 Å². The van der Waals surface area contributed by atoms with Gasteiger partial charge in [-0.15, -0.1) is 0 Å². The van der Waals surface area contributed by atoms with Crippen molar-refractivity contribution in [1.29, 1.82) is 0 Å². The number of aromatic nitrogens is 2. The molecule has 184 valence electrons. The van der Waals surface area contributed by atoms with E-state index < -0.39 is 0 Å². The van der Waals surface area contributed by atoms with Gasteiger partial charge in [0, 0.05) is 28.4 Å². The third-order valence-corrected chi connectivity index (χ3v) is 5.80. The van der Waals surface area contributed by atoms with Crippen molar-refractivity contribution < 1.29 is 14.3 Å². The molecule has 1 heterocycles. The molecule has 0 radical (unpaired) electrons. The van der Waals surface area contributed by atoms with Crippen LogP contribution in [-0.4, -0.2) is 22.8 Å². The molecule has 1 amide bonds. The Balaban J connectivity index is 1.40. The van der Waals surface area contributed by atoms with Gasteiger partial charge in [0.1, 0.15) is 18.1 Å². The van der Waals surface area contributed by atoms with Crippen LogP contribution in [0.5, 0.6) is 11.5 Å². The van der Waals surface area contributed by atoms with E-state index in [0.29, 0.717) is 24.0 Å². The van der Waals surface area contributed by atoms with E-state index in [1.165, 1.54) is 6.08 Å². The molecule has 0 saturated heterocycles. The largest absolute Gasteiger partial charge is 0.496 e. The van der Waals surface area contributed by atoms with Crippen LogP contribution in [0.1, 0.15) is 27.9 Å². The minimum absolute atomic E-state index is 0.268. The summed E-state index contributed by atoms with van der Waals surface area (Å²) in [6, 6.07) is 23.1. The van der Waals surface area contributed by atoms with Crippen LogP contribution in [0.2, 0.25) is 5.02 Å². The molecular weight excluding hydrogens is 474 g/mol. The number of carbonyl (C=O) groups excluding carboxylic acids is 1. The van der Waals surface area contributed by atoms with Crippen LogP contribution >= 0.6 is 11.6 Å². The molecule has 0 fully saturated rings. The van der Waals surface area contributed by atoms with Crippen molar-refractivity contribution in [2.75, 3.05) is 12.4 Å². The van der Waals surface area contributed by atoms with Gasteiger partial charge in [0.2, 0.25) is 5.91 Å². The fraction of sp³-hybridized carbons (Fsp3) is 0.172. The van der Waals surface area contributed by atoms with Crippen molar-refractivity contribution in [3.63, 3.8) is 0 Å². The SMILES string of the molecule is COc1ccc(/C=C/C(=O)Nc2cc(C)n(Cc3cccc(Cl)c3)n2)cc1COc1cccc(C)c1. The van der Waals surface area contributed by atoms with Gasteiger partial charge >= 0.3 is 0 Å². The molecule has 36 heavy (non-hydrogen) atoms. The number of nitrogens with zero attached hydrogens (tertiary/aromatic N) is 2. The molecule has 3 aromatic carbocycles. The average molecular weight is 502 g/mol. The van der Waals surface area contributed by atoms with Crippen LogP contribution in [0.4, 0.5) is 5.82 Å². The predicted molar refractivity (Wildman–Crippen MR) is 144 cm³/mol. The highest BCUT2D eigenvalue weighted by molar-refractivity contribution is 6.30. The number of benzene rings is 3. The van der Waals surface area contributed by atoms with Crippen molar-refractivity contribution in [2.45, 2.75) is 27.0 Å². The summed E-state index contributed by atoms with van der Waals surface area (Å²) < 4.78 is 13.2. The summed E-state index contributed by atoms with van der Waals surface area (Å²) in [7, 11) is 1.63. The van der Waals surface area contributed by atoms with E-state index in [1.807, 2.05) is 91.3 Å². The fourth-order valence-corrected chi connectivity index (χ4v) is 3.97. The number of amides is 1. The maximum Gasteiger partial charge on any atom is 0.249 e. The van der Waals surface area contributed by atoms with E-state index in [1.54, 1.807) is 13.2 Å². The number of aryl methyl sites for hydroxylation is 2. The van der Waals surface area contributed by atoms with E-state index in [9.17, 15) is 4.79 Å². The van der Waals surface area contributed by atoms with E-state index in [2.05, 4.69) is 10.4 Å². The van der Waals surface area contributed by atoms with Crippen molar-refractivity contribution in [3.8, 4) is 11.5 Å². The summed E-state index contributed by atoms with van der Waals surface area (Å²) in [6.07, 6.45) is 3.24. The van der Waals surface area contributed by atoms with Gasteiger partial charge in [0.25, 0.3) is 0 Å². The molecule has 0 aliphatic carbocycles. The normalized spacial score (nSPS) is 11.0. The van der Waals surface area contributed by atoms with Crippen LogP contribution in [0, 0.1) is 13.8 Å². The van der Waals surface area contributed by atoms with Gasteiger partial charge in [-0.1, -0.05) is 41.9 Å². The highest BCUT2D eigenvalue weighted by Gasteiger charge is 2.09. The van der Waals surface area contributed by atoms with Crippen molar-refractivity contribution in [1.82, 2.24) is 9.78 Å². The number of ether oxygens (including phenoxy) is 2. The number of rotatable bonds is 9. The number of methoxy groups -OCH3 is 1. The molecular formula is C29H28ClN3O3. The molecule has 0 aliphatic heterocycles. The minimum atomic E-state index is -0.268. The van der Waals surface area contributed by atoms with Gasteiger partial charge in [0.15, 0.2) is 5.82 Å². The maximum absolute atomic E-state index is 12.5. The molecule has 4 aromatic rings. The minimum Gasteiger partial charge on any atom is -0.496 e. The summed E-state index contributed by atoms with van der Waals surface area (Å²) in [5.41, 5.74) is 4.84. The molecule has 0 spiro atoms. The standard InChI is InChI=1S/C29H28ClN3O3/c1-20-6-4-9-26(14-20)36-19-24-16-22(10-12-27(24)35-3)11-13-29(34)31-28-15-21(2)33(32-28)18-23-7-5-8-25(30)17-23/h4-17H,18-19H2,1-3H3,(H,31,32,34)/b13-11+. The summed E-state index contributed by atoms with van der Waals surface area (Å²) in [5, 5.41) is 8.01. The zero-order valence-electron chi connectivity index (χ0n) is 20.5. The van der Waals surface area contributed by atoms with E-state index in [-0.39, 0.29) is 5.91 Å². The monoisotopic (exact) mass is 501 g/mol. The first kappa shape index (κ1) is 25.1. The van der Waals surface area contributed by atoms with Gasteiger partial charge in [-0.2, -0.15) is 5.10 Å². The zero-order chi connectivity index (χ0) is 25.5. The Hall–Kier alpha value is -4.03. The van der Waals surface area contributed by atoms with Gasteiger partial charge in [-0.3, -0.25) is 9.48 Å². The Morgan fingerprint density at radius 1 is 1.06 bits per heavy atom. The first-order chi connectivity index (χ1) is 17.4. The molecule has 7 heteroatoms. The van der Waals surface area contributed by atoms with Gasteiger partial charge in [-0.25, -0.2) is 0 Å². The van der Waals surface area contributed by atoms with Crippen LogP contribution in [0.3, 0.4) is 0 Å². The second-order valence-electron chi connectivity index (χ2n) is 8.46. The van der Waals surface area contributed by atoms with E-state index in [4.69, 9.17) is 21.1 Å². The zero-order valence-corrected chi connectivity index (χ0v) is 21.3. The Morgan fingerprint density at radius 2 is 1.89 bits per heavy atom. The summed E-state index contributed by atoms with van der Waals surface area (Å²) >= 11 is 6.08. The Morgan fingerprint density at radius 3 is 2.67 bits per heavy atom. The van der Waals surface area contributed by atoms with E-state index in [0.717, 1.165) is 39.4 Å². The average Bonchev–Trinajstić information content (AvgIpc) is 3.19. The fourth-order valence-electron chi connectivity index (χ4n) is 3.76. The second-order valence-corrected chi connectivity index (χ2v) is 8.89. The molecule has 1 N–H and O–H groups in total. The van der Waals surface area contributed by atoms with Gasteiger partial charge in [-0.05, 0) is 73.0 Å². The molecule has 0 atom stereocenters. The molecule has 0 unspecified atom stereocenters. The van der Waals surface area contributed by atoms with Crippen LogP contribution < -0.4 is 14.8 Å². The van der Waals surface area contributed by atoms with Gasteiger partial charge < -0.3 is 14.8 Å². The van der Waals surface area contributed by atoms with Crippen molar-refractivity contribution in [3.05, 3.63) is 112 Å². The highest BCUT2D eigenvalue weighted by atomic mass is 35.5. The Kier molecular flexibility index (Phi) is 8.08. The summed E-state index contributed by atoms with van der Waals surface area (Å²) in [5.74, 6) is 1.74. The highest BCUT2D eigenvalue weighted by Crippen LogP contribution is 2.23.